The standard InChI is InChI=1S/C36H50N2O5S/c1-22(2)31(39)35(18-16-24(4)34(8,9)10)19-17-29(36(35,41)32-23(3)21-42-27(7)44-32)43-33(40)30-25(5)37-38(26(30)6)20-28-14-12-11-13-15-28/h11-15,17,19,22,24,27,29,32,41H,3,16,18,20-21H2,1-2,4-10H3. The molecule has 0 spiro atoms. The Bertz CT molecular complexity index is 1410. The Morgan fingerprint density at radius 3 is 2.48 bits per heavy atom. The maximum Gasteiger partial charge on any atom is 0.342 e. The lowest BCUT2D eigenvalue weighted by Crippen LogP contribution is -2.64. The lowest BCUT2D eigenvalue weighted by molar-refractivity contribution is -0.157. The molecule has 2 heterocycles. The number of ether oxygens (including phenoxy) is 2. The van der Waals surface area contributed by atoms with Gasteiger partial charge in [0, 0.05) is 5.92 Å². The first kappa shape index (κ1) is 34.2. The maximum atomic E-state index is 14.3. The van der Waals surface area contributed by atoms with E-state index in [4.69, 9.17) is 9.47 Å². The summed E-state index contributed by atoms with van der Waals surface area (Å²) in [5.41, 5.74) is 0.109. The molecule has 1 saturated heterocycles. The molecule has 1 aliphatic carbocycles. The van der Waals surface area contributed by atoms with E-state index in [1.165, 1.54) is 11.8 Å². The monoisotopic (exact) mass is 622 g/mol. The summed E-state index contributed by atoms with van der Waals surface area (Å²) < 4.78 is 13.9. The molecule has 0 radical (unpaired) electrons. The number of carbonyl (C=O) groups excluding carboxylic acids is 2. The van der Waals surface area contributed by atoms with E-state index in [2.05, 4.69) is 39.4 Å². The molecule has 0 amide bonds. The van der Waals surface area contributed by atoms with Gasteiger partial charge in [0.1, 0.15) is 22.4 Å². The molecule has 6 atom stereocenters. The molecule has 0 bridgehead atoms. The van der Waals surface area contributed by atoms with Gasteiger partial charge in [0.2, 0.25) is 0 Å². The van der Waals surface area contributed by atoms with Gasteiger partial charge in [0.25, 0.3) is 0 Å². The van der Waals surface area contributed by atoms with Crippen LogP contribution in [0.1, 0.15) is 88.6 Å². The van der Waals surface area contributed by atoms with E-state index < -0.39 is 28.3 Å². The summed E-state index contributed by atoms with van der Waals surface area (Å²) in [6.45, 7) is 23.1. The van der Waals surface area contributed by atoms with Crippen LogP contribution < -0.4 is 0 Å². The molecular formula is C36H50N2O5S. The number of esters is 1. The van der Waals surface area contributed by atoms with Crippen molar-refractivity contribution in [3.05, 3.63) is 77.2 Å². The van der Waals surface area contributed by atoms with Crippen molar-refractivity contribution < 1.29 is 24.2 Å². The highest BCUT2D eigenvalue weighted by molar-refractivity contribution is 8.00. The van der Waals surface area contributed by atoms with Crippen molar-refractivity contribution in [2.24, 2.45) is 22.7 Å². The van der Waals surface area contributed by atoms with Crippen LogP contribution in [0.5, 0.6) is 0 Å². The molecule has 44 heavy (non-hydrogen) atoms. The Morgan fingerprint density at radius 1 is 1.20 bits per heavy atom. The summed E-state index contributed by atoms with van der Waals surface area (Å²) in [6, 6.07) is 9.94. The predicted molar refractivity (Wildman–Crippen MR) is 177 cm³/mol. The molecule has 2 aliphatic rings. The van der Waals surface area contributed by atoms with Gasteiger partial charge in [-0.15, -0.1) is 11.8 Å². The molecule has 1 aromatic heterocycles. The molecule has 7 nitrogen and oxygen atoms in total. The zero-order chi connectivity index (χ0) is 32.6. The van der Waals surface area contributed by atoms with Gasteiger partial charge in [0.15, 0.2) is 6.10 Å². The highest BCUT2D eigenvalue weighted by Gasteiger charge is 2.66. The minimum Gasteiger partial charge on any atom is -0.451 e. The van der Waals surface area contributed by atoms with Crippen molar-refractivity contribution in [2.75, 3.05) is 6.61 Å². The molecule has 1 aromatic carbocycles. The van der Waals surface area contributed by atoms with E-state index in [0.29, 0.717) is 35.5 Å². The zero-order valence-electron chi connectivity index (χ0n) is 27.8. The third kappa shape index (κ3) is 6.35. The number of aromatic nitrogens is 2. The topological polar surface area (TPSA) is 90.7 Å². The number of rotatable bonds is 10. The number of benzene rings is 1. The Hall–Kier alpha value is -2.68. The van der Waals surface area contributed by atoms with Crippen LogP contribution in [-0.4, -0.2) is 55.6 Å². The average Bonchev–Trinajstić information content (AvgIpc) is 3.40. The van der Waals surface area contributed by atoms with Crippen molar-refractivity contribution in [1.82, 2.24) is 9.78 Å². The number of hydrogen-bond acceptors (Lipinski definition) is 7. The molecule has 6 unspecified atom stereocenters. The van der Waals surface area contributed by atoms with Crippen LogP contribution in [0, 0.1) is 36.5 Å². The molecule has 8 heteroatoms. The van der Waals surface area contributed by atoms with E-state index in [1.807, 2.05) is 64.1 Å². The fraction of sp³-hybridized carbons (Fsp3) is 0.583. The normalized spacial score (nSPS) is 28.0. The van der Waals surface area contributed by atoms with Gasteiger partial charge >= 0.3 is 5.97 Å². The lowest BCUT2D eigenvalue weighted by Gasteiger charge is -2.51. The Morgan fingerprint density at radius 2 is 1.86 bits per heavy atom. The van der Waals surface area contributed by atoms with Crippen LogP contribution in [0.15, 0.2) is 54.6 Å². The number of thioether (sulfide) groups is 1. The highest BCUT2D eigenvalue weighted by atomic mass is 32.2. The number of nitrogens with zero attached hydrogens (tertiary/aromatic N) is 2. The summed E-state index contributed by atoms with van der Waals surface area (Å²) in [7, 11) is 0. The third-order valence-corrected chi connectivity index (χ3v) is 11.2. The van der Waals surface area contributed by atoms with Crippen LogP contribution in [0.2, 0.25) is 0 Å². The molecule has 1 fully saturated rings. The maximum absolute atomic E-state index is 14.3. The third-order valence-electron chi connectivity index (χ3n) is 9.71. The van der Waals surface area contributed by atoms with Gasteiger partial charge in [-0.2, -0.15) is 5.10 Å². The van der Waals surface area contributed by atoms with E-state index in [0.717, 1.165) is 12.0 Å². The van der Waals surface area contributed by atoms with Crippen molar-refractivity contribution in [3.63, 3.8) is 0 Å². The first-order valence-corrected chi connectivity index (χ1v) is 16.7. The molecule has 1 N–H and O–H groups in total. The van der Waals surface area contributed by atoms with Gasteiger partial charge in [-0.1, -0.05) is 84.5 Å². The first-order chi connectivity index (χ1) is 20.5. The lowest BCUT2D eigenvalue weighted by atomic mass is 9.61. The second kappa shape index (κ2) is 13.0. The van der Waals surface area contributed by atoms with Gasteiger partial charge in [-0.05, 0) is 62.2 Å². The quantitative estimate of drug-likeness (QED) is 0.224. The summed E-state index contributed by atoms with van der Waals surface area (Å²) >= 11 is 1.43. The van der Waals surface area contributed by atoms with Crippen LogP contribution in [0.25, 0.3) is 0 Å². The SMILES string of the molecule is C=C1COC(C)SC1C1(O)C(OC(=O)c2c(C)nn(Cc3ccccc3)c2C)C=CC1(CCC(C)C(C)(C)C)C(=O)C(C)C. The van der Waals surface area contributed by atoms with E-state index in [1.54, 1.807) is 17.7 Å². The second-order valence-corrected chi connectivity index (χ2v) is 15.5. The number of hydrogen-bond donors (Lipinski definition) is 1. The molecule has 240 valence electrons. The van der Waals surface area contributed by atoms with Gasteiger partial charge in [-0.25, -0.2) is 4.79 Å². The molecule has 0 saturated carbocycles. The van der Waals surface area contributed by atoms with Gasteiger partial charge in [-0.3, -0.25) is 9.48 Å². The molecular weight excluding hydrogens is 572 g/mol. The van der Waals surface area contributed by atoms with Crippen LogP contribution in [0.3, 0.4) is 0 Å². The number of aliphatic hydroxyl groups is 1. The number of carbonyl (C=O) groups is 2. The van der Waals surface area contributed by atoms with Gasteiger partial charge < -0.3 is 14.6 Å². The van der Waals surface area contributed by atoms with Crippen molar-refractivity contribution in [3.8, 4) is 0 Å². The summed E-state index contributed by atoms with van der Waals surface area (Å²) in [4.78, 5) is 28.3. The predicted octanol–water partition coefficient (Wildman–Crippen LogP) is 7.08. The fourth-order valence-corrected chi connectivity index (χ4v) is 7.84. The molecule has 2 aromatic rings. The number of aryl methyl sites for hydroxylation is 1. The van der Waals surface area contributed by atoms with E-state index in [9.17, 15) is 14.7 Å². The number of Topliss-reactive ketones (excluding diaryl/α,β-unsaturated/α-hetero) is 1. The minimum atomic E-state index is -1.76. The van der Waals surface area contributed by atoms with Crippen molar-refractivity contribution >= 4 is 23.5 Å². The largest absolute Gasteiger partial charge is 0.451 e. The van der Waals surface area contributed by atoms with Crippen LogP contribution in [0.4, 0.5) is 0 Å². The second-order valence-electron chi connectivity index (χ2n) is 14.0. The van der Waals surface area contributed by atoms with E-state index >= 15 is 0 Å². The zero-order valence-corrected chi connectivity index (χ0v) is 28.7. The molecule has 4 rings (SSSR count). The van der Waals surface area contributed by atoms with Crippen LogP contribution in [-0.2, 0) is 20.8 Å². The Labute approximate surface area is 267 Å². The Balaban J connectivity index is 1.75. The number of ketones is 1. The minimum absolute atomic E-state index is 0.0227. The van der Waals surface area contributed by atoms with E-state index in [-0.39, 0.29) is 35.1 Å². The fourth-order valence-electron chi connectivity index (χ4n) is 6.50. The first-order valence-electron chi connectivity index (χ1n) is 15.7. The van der Waals surface area contributed by atoms with Crippen molar-refractivity contribution in [2.45, 2.75) is 104 Å². The van der Waals surface area contributed by atoms with Crippen molar-refractivity contribution in [1.29, 1.82) is 0 Å². The summed E-state index contributed by atoms with van der Waals surface area (Å²) in [5.74, 6) is -0.698. The molecule has 1 aliphatic heterocycles. The Kier molecular flexibility index (Phi) is 10.1. The van der Waals surface area contributed by atoms with Gasteiger partial charge in [0.05, 0.1) is 35.2 Å². The highest BCUT2D eigenvalue weighted by Crippen LogP contribution is 2.56. The summed E-state index contributed by atoms with van der Waals surface area (Å²) in [6.07, 6.45) is 3.63. The average molecular weight is 623 g/mol. The van der Waals surface area contributed by atoms with Crippen LogP contribution >= 0.6 is 11.8 Å². The summed E-state index contributed by atoms with van der Waals surface area (Å²) in [5, 5.41) is 17.2. The smallest absolute Gasteiger partial charge is 0.342 e.